The number of amides is 2. The first-order valence-electron chi connectivity index (χ1n) is 10.8. The van der Waals surface area contributed by atoms with Crippen LogP contribution in [0, 0.1) is 0 Å². The fourth-order valence-electron chi connectivity index (χ4n) is 3.70. The summed E-state index contributed by atoms with van der Waals surface area (Å²) >= 11 is 0. The Morgan fingerprint density at radius 1 is 0.933 bits per heavy atom. The molecule has 1 fully saturated rings. The molecule has 0 unspecified atom stereocenters. The zero-order valence-electron chi connectivity index (χ0n) is 18.2. The first-order valence-corrected chi connectivity index (χ1v) is 10.8. The largest absolute Gasteiger partial charge is 0.483 e. The van der Waals surface area contributed by atoms with Crippen molar-refractivity contribution in [3.63, 3.8) is 0 Å². The summed E-state index contributed by atoms with van der Waals surface area (Å²) in [6.07, 6.45) is 4.52. The number of nitrogens with zero attached hydrogens (tertiary/aromatic N) is 1. The van der Waals surface area contributed by atoms with Crippen molar-refractivity contribution in [3.8, 4) is 5.75 Å². The molecule has 1 N–H and O–H groups in total. The van der Waals surface area contributed by atoms with E-state index in [2.05, 4.69) is 26.1 Å². The van der Waals surface area contributed by atoms with E-state index in [-0.39, 0.29) is 23.8 Å². The second kappa shape index (κ2) is 9.79. The zero-order valence-corrected chi connectivity index (χ0v) is 18.2. The van der Waals surface area contributed by atoms with E-state index in [1.807, 2.05) is 29.2 Å². The lowest BCUT2D eigenvalue weighted by atomic mass is 9.86. The minimum atomic E-state index is -0.231. The summed E-state index contributed by atoms with van der Waals surface area (Å²) in [7, 11) is 0. The van der Waals surface area contributed by atoms with Gasteiger partial charge in [-0.05, 0) is 54.2 Å². The topological polar surface area (TPSA) is 58.6 Å². The van der Waals surface area contributed by atoms with Gasteiger partial charge in [0, 0.05) is 24.3 Å². The molecule has 0 spiro atoms. The van der Waals surface area contributed by atoms with Gasteiger partial charge in [0.25, 0.3) is 11.8 Å². The summed E-state index contributed by atoms with van der Waals surface area (Å²) in [5.41, 5.74) is 2.31. The Bertz CT molecular complexity index is 861. The number of anilines is 1. The number of rotatable bonds is 5. The van der Waals surface area contributed by atoms with Gasteiger partial charge in [0.2, 0.25) is 0 Å². The van der Waals surface area contributed by atoms with Gasteiger partial charge in [0.15, 0.2) is 6.61 Å². The molecule has 0 radical (unpaired) electrons. The number of para-hydroxylation sites is 1. The van der Waals surface area contributed by atoms with Gasteiger partial charge in [-0.25, -0.2) is 0 Å². The van der Waals surface area contributed by atoms with E-state index in [0.29, 0.717) is 11.3 Å². The van der Waals surface area contributed by atoms with E-state index in [1.54, 1.807) is 24.3 Å². The van der Waals surface area contributed by atoms with Crippen LogP contribution in [0.1, 0.15) is 62.4 Å². The predicted octanol–water partition coefficient (Wildman–Crippen LogP) is 5.02. The molecule has 2 aromatic carbocycles. The van der Waals surface area contributed by atoms with Gasteiger partial charge in [-0.1, -0.05) is 51.8 Å². The molecule has 0 aromatic heterocycles. The number of nitrogens with one attached hydrogen (secondary N) is 1. The molecule has 1 saturated heterocycles. The van der Waals surface area contributed by atoms with Crippen molar-refractivity contribution in [1.29, 1.82) is 0 Å². The van der Waals surface area contributed by atoms with E-state index in [1.165, 1.54) is 12.8 Å². The van der Waals surface area contributed by atoms with Gasteiger partial charge in [0.05, 0.1) is 0 Å². The first kappa shape index (κ1) is 21.9. The maximum atomic E-state index is 12.7. The van der Waals surface area contributed by atoms with Crippen molar-refractivity contribution in [2.75, 3.05) is 25.0 Å². The number of ether oxygens (including phenoxy) is 1. The SMILES string of the molecule is CC(C)(C)c1ccccc1OCC(=O)Nc1ccc(C(=O)N2CCCCCC2)cc1. The molecule has 1 aliphatic rings. The minimum Gasteiger partial charge on any atom is -0.483 e. The lowest BCUT2D eigenvalue weighted by molar-refractivity contribution is -0.118. The van der Waals surface area contributed by atoms with Crippen molar-refractivity contribution >= 4 is 17.5 Å². The lowest BCUT2D eigenvalue weighted by Crippen LogP contribution is -2.31. The van der Waals surface area contributed by atoms with Crippen molar-refractivity contribution in [2.45, 2.75) is 51.9 Å². The van der Waals surface area contributed by atoms with Gasteiger partial charge in [-0.2, -0.15) is 0 Å². The molecule has 2 aromatic rings. The van der Waals surface area contributed by atoms with E-state index >= 15 is 0 Å². The Kier molecular flexibility index (Phi) is 7.14. The molecule has 1 heterocycles. The molecular weight excluding hydrogens is 376 g/mol. The molecule has 1 aliphatic heterocycles. The first-order chi connectivity index (χ1) is 14.3. The van der Waals surface area contributed by atoms with E-state index in [4.69, 9.17) is 4.74 Å². The molecule has 160 valence electrons. The van der Waals surface area contributed by atoms with Gasteiger partial charge < -0.3 is 15.0 Å². The summed E-state index contributed by atoms with van der Waals surface area (Å²) in [6, 6.07) is 14.9. The average Bonchev–Trinajstić information content (AvgIpc) is 3.01. The second-order valence-electron chi connectivity index (χ2n) is 8.87. The summed E-state index contributed by atoms with van der Waals surface area (Å²) in [5.74, 6) is 0.556. The Morgan fingerprint density at radius 3 is 2.20 bits per heavy atom. The van der Waals surface area contributed by atoms with Gasteiger partial charge in [-0.15, -0.1) is 0 Å². The maximum absolute atomic E-state index is 12.7. The number of benzene rings is 2. The van der Waals surface area contributed by atoms with Crippen LogP contribution in [0.2, 0.25) is 0 Å². The second-order valence-corrected chi connectivity index (χ2v) is 8.87. The third-order valence-electron chi connectivity index (χ3n) is 5.36. The smallest absolute Gasteiger partial charge is 0.262 e. The average molecular weight is 409 g/mol. The number of likely N-dealkylation sites (tertiary alicyclic amines) is 1. The third-order valence-corrected chi connectivity index (χ3v) is 5.36. The Labute approximate surface area is 179 Å². The van der Waals surface area contributed by atoms with Crippen LogP contribution in [0.25, 0.3) is 0 Å². The molecule has 2 amide bonds. The normalized spacial score (nSPS) is 14.7. The number of carbonyl (C=O) groups excluding carboxylic acids is 2. The fraction of sp³-hybridized carbons (Fsp3) is 0.440. The predicted molar refractivity (Wildman–Crippen MR) is 120 cm³/mol. The van der Waals surface area contributed by atoms with Crippen molar-refractivity contribution in [2.24, 2.45) is 0 Å². The lowest BCUT2D eigenvalue weighted by Gasteiger charge is -2.22. The monoisotopic (exact) mass is 408 g/mol. The highest BCUT2D eigenvalue weighted by molar-refractivity contribution is 5.96. The summed E-state index contributed by atoms with van der Waals surface area (Å²) in [4.78, 5) is 26.9. The molecule has 3 rings (SSSR count). The Hall–Kier alpha value is -2.82. The molecule has 0 bridgehead atoms. The summed E-state index contributed by atoms with van der Waals surface area (Å²) in [6.45, 7) is 7.92. The van der Waals surface area contributed by atoms with Gasteiger partial charge >= 0.3 is 0 Å². The van der Waals surface area contributed by atoms with Gasteiger partial charge in [0.1, 0.15) is 5.75 Å². The molecule has 5 nitrogen and oxygen atoms in total. The Morgan fingerprint density at radius 2 is 1.57 bits per heavy atom. The molecule has 5 heteroatoms. The summed E-state index contributed by atoms with van der Waals surface area (Å²) in [5, 5.41) is 2.84. The van der Waals surface area contributed by atoms with Crippen molar-refractivity contribution in [3.05, 3.63) is 59.7 Å². The molecule has 0 saturated carbocycles. The van der Waals surface area contributed by atoms with Crippen LogP contribution in [-0.4, -0.2) is 36.4 Å². The quantitative estimate of drug-likeness (QED) is 0.756. The molecular formula is C25H32N2O3. The minimum absolute atomic E-state index is 0.0666. The Balaban J connectivity index is 1.56. The van der Waals surface area contributed by atoms with Crippen LogP contribution in [0.3, 0.4) is 0 Å². The number of hydrogen-bond acceptors (Lipinski definition) is 3. The number of hydrogen-bond donors (Lipinski definition) is 1. The van der Waals surface area contributed by atoms with E-state index in [0.717, 1.165) is 37.2 Å². The highest BCUT2D eigenvalue weighted by Gasteiger charge is 2.19. The highest BCUT2D eigenvalue weighted by Crippen LogP contribution is 2.30. The highest BCUT2D eigenvalue weighted by atomic mass is 16.5. The maximum Gasteiger partial charge on any atom is 0.262 e. The molecule has 0 aliphatic carbocycles. The van der Waals surface area contributed by atoms with Gasteiger partial charge in [-0.3, -0.25) is 9.59 Å². The summed E-state index contributed by atoms with van der Waals surface area (Å²) < 4.78 is 5.78. The van der Waals surface area contributed by atoms with Crippen LogP contribution in [0.5, 0.6) is 5.75 Å². The van der Waals surface area contributed by atoms with Crippen molar-refractivity contribution < 1.29 is 14.3 Å². The van der Waals surface area contributed by atoms with E-state index in [9.17, 15) is 9.59 Å². The van der Waals surface area contributed by atoms with Crippen LogP contribution in [0.15, 0.2) is 48.5 Å². The van der Waals surface area contributed by atoms with Crippen LogP contribution in [-0.2, 0) is 10.2 Å². The number of carbonyl (C=O) groups is 2. The fourth-order valence-corrected chi connectivity index (χ4v) is 3.70. The third kappa shape index (κ3) is 5.85. The molecule has 0 atom stereocenters. The van der Waals surface area contributed by atoms with Crippen LogP contribution in [0.4, 0.5) is 5.69 Å². The van der Waals surface area contributed by atoms with Crippen LogP contribution < -0.4 is 10.1 Å². The van der Waals surface area contributed by atoms with E-state index < -0.39 is 0 Å². The molecule has 30 heavy (non-hydrogen) atoms. The standard InChI is InChI=1S/C25H32N2O3/c1-25(2,3)21-10-6-7-11-22(21)30-18-23(28)26-20-14-12-19(13-15-20)24(29)27-16-8-4-5-9-17-27/h6-7,10-15H,4-5,8-9,16-18H2,1-3H3,(H,26,28). The van der Waals surface area contributed by atoms with Crippen molar-refractivity contribution in [1.82, 2.24) is 4.90 Å². The zero-order chi connectivity index (χ0) is 21.6. The van der Waals surface area contributed by atoms with Crippen LogP contribution >= 0.6 is 0 Å².